The summed E-state index contributed by atoms with van der Waals surface area (Å²) in [6.45, 7) is 7.92. The van der Waals surface area contributed by atoms with Crippen LogP contribution in [0.4, 0.5) is 10.5 Å². The van der Waals surface area contributed by atoms with Crippen LogP contribution in [0.3, 0.4) is 0 Å². The number of nitrogens with zero attached hydrogens (tertiary/aromatic N) is 1. The van der Waals surface area contributed by atoms with Crippen molar-refractivity contribution in [2.45, 2.75) is 26.9 Å². The van der Waals surface area contributed by atoms with Crippen molar-refractivity contribution in [3.63, 3.8) is 0 Å². The third-order valence-electron chi connectivity index (χ3n) is 6.04. The zero-order chi connectivity index (χ0) is 29.5. The largest absolute Gasteiger partial charge is 0.490 e. The SMILES string of the molecule is C=CCc1cc(/C=C2\SC(=O)N(CC(=O)Nc3ccc(C)c(Cl)c3)C2=O)cc(OCC)c1OCc1ccc(Br)cc1. The van der Waals surface area contributed by atoms with E-state index in [-0.39, 0.29) is 4.91 Å². The van der Waals surface area contributed by atoms with E-state index in [4.69, 9.17) is 21.1 Å². The van der Waals surface area contributed by atoms with Crippen molar-refractivity contribution in [2.75, 3.05) is 18.5 Å². The molecule has 1 aliphatic heterocycles. The van der Waals surface area contributed by atoms with Crippen LogP contribution in [0.2, 0.25) is 5.02 Å². The number of imide groups is 1. The maximum atomic E-state index is 13.1. The molecule has 1 heterocycles. The molecule has 1 fully saturated rings. The number of benzene rings is 3. The summed E-state index contributed by atoms with van der Waals surface area (Å²) in [5.41, 5.74) is 3.82. The van der Waals surface area contributed by atoms with Gasteiger partial charge in [0.1, 0.15) is 13.2 Å². The van der Waals surface area contributed by atoms with E-state index >= 15 is 0 Å². The molecule has 0 spiro atoms. The first kappa shape index (κ1) is 30.4. The smallest absolute Gasteiger partial charge is 0.294 e. The van der Waals surface area contributed by atoms with Crippen molar-refractivity contribution in [1.82, 2.24) is 4.90 Å². The lowest BCUT2D eigenvalue weighted by Gasteiger charge is -2.17. The molecule has 7 nitrogen and oxygen atoms in total. The summed E-state index contributed by atoms with van der Waals surface area (Å²) in [6, 6.07) is 16.6. The number of nitrogens with one attached hydrogen (secondary N) is 1. The van der Waals surface area contributed by atoms with Crippen molar-refractivity contribution in [2.24, 2.45) is 0 Å². The lowest BCUT2D eigenvalue weighted by Crippen LogP contribution is -2.36. The number of anilines is 1. The van der Waals surface area contributed by atoms with Gasteiger partial charge in [0, 0.05) is 20.7 Å². The van der Waals surface area contributed by atoms with Crippen LogP contribution in [0.5, 0.6) is 11.5 Å². The highest BCUT2D eigenvalue weighted by Crippen LogP contribution is 2.38. The molecule has 0 radical (unpaired) electrons. The number of hydrogen-bond acceptors (Lipinski definition) is 6. The number of amides is 3. The summed E-state index contributed by atoms with van der Waals surface area (Å²) >= 11 is 10.3. The van der Waals surface area contributed by atoms with Gasteiger partial charge >= 0.3 is 0 Å². The van der Waals surface area contributed by atoms with Crippen molar-refractivity contribution >= 4 is 68.1 Å². The van der Waals surface area contributed by atoms with Gasteiger partial charge in [0.05, 0.1) is 11.5 Å². The second-order valence-corrected chi connectivity index (χ2v) is 11.4. The molecule has 0 aromatic heterocycles. The molecule has 1 aliphatic rings. The second-order valence-electron chi connectivity index (χ2n) is 9.13. The number of hydrogen-bond donors (Lipinski definition) is 1. The van der Waals surface area contributed by atoms with E-state index < -0.39 is 23.6 Å². The number of aryl methyl sites for hydroxylation is 1. The van der Waals surface area contributed by atoms with Crippen LogP contribution < -0.4 is 14.8 Å². The first-order valence-corrected chi connectivity index (χ1v) is 14.8. The summed E-state index contributed by atoms with van der Waals surface area (Å²) in [4.78, 5) is 39.5. The van der Waals surface area contributed by atoms with Gasteiger partial charge in [-0.15, -0.1) is 6.58 Å². The zero-order valence-electron chi connectivity index (χ0n) is 22.5. The Kier molecular flexibility index (Phi) is 10.3. The standard InChI is InChI=1S/C31H28BrClN2O5S/c1-4-6-22-13-21(14-26(39-5-2)29(22)40-18-20-8-10-23(32)11-9-20)15-27-30(37)35(31(38)41-27)17-28(36)34-24-12-7-19(3)25(33)16-24/h4,7-16H,1,5-6,17-18H2,2-3H3,(H,34,36)/b27-15-. The molecule has 3 aromatic carbocycles. The molecule has 3 amide bonds. The molecule has 1 N–H and O–H groups in total. The van der Waals surface area contributed by atoms with Crippen LogP contribution in [0.1, 0.15) is 29.2 Å². The summed E-state index contributed by atoms with van der Waals surface area (Å²) in [5, 5.41) is 2.66. The van der Waals surface area contributed by atoms with Crippen molar-refractivity contribution < 1.29 is 23.9 Å². The van der Waals surface area contributed by atoms with Crippen LogP contribution in [-0.2, 0) is 22.6 Å². The highest BCUT2D eigenvalue weighted by atomic mass is 79.9. The van der Waals surface area contributed by atoms with Crippen molar-refractivity contribution in [1.29, 1.82) is 0 Å². The Morgan fingerprint density at radius 3 is 2.56 bits per heavy atom. The molecule has 3 aromatic rings. The molecule has 0 aliphatic carbocycles. The number of allylic oxidation sites excluding steroid dienone is 1. The van der Waals surface area contributed by atoms with Gasteiger partial charge in [-0.1, -0.05) is 51.8 Å². The summed E-state index contributed by atoms with van der Waals surface area (Å²) < 4.78 is 13.1. The minimum atomic E-state index is -0.545. The Balaban J connectivity index is 1.54. The quantitative estimate of drug-likeness (QED) is 0.168. The first-order chi connectivity index (χ1) is 19.7. The molecule has 4 rings (SSSR count). The monoisotopic (exact) mass is 654 g/mol. The summed E-state index contributed by atoms with van der Waals surface area (Å²) in [5.74, 6) is 0.0573. The van der Waals surface area contributed by atoms with E-state index in [2.05, 4.69) is 27.8 Å². The fourth-order valence-electron chi connectivity index (χ4n) is 4.04. The van der Waals surface area contributed by atoms with E-state index in [9.17, 15) is 14.4 Å². The average Bonchev–Trinajstić information content (AvgIpc) is 3.18. The molecule has 0 bridgehead atoms. The van der Waals surface area contributed by atoms with E-state index in [1.165, 1.54) is 0 Å². The van der Waals surface area contributed by atoms with Gasteiger partial charge in [0.2, 0.25) is 5.91 Å². The zero-order valence-corrected chi connectivity index (χ0v) is 25.7. The molecule has 212 valence electrons. The summed E-state index contributed by atoms with van der Waals surface area (Å²) in [6.07, 6.45) is 3.88. The maximum absolute atomic E-state index is 13.1. The average molecular weight is 656 g/mol. The Morgan fingerprint density at radius 2 is 1.88 bits per heavy atom. The maximum Gasteiger partial charge on any atom is 0.294 e. The topological polar surface area (TPSA) is 84.9 Å². The van der Waals surface area contributed by atoms with Gasteiger partial charge in [-0.05, 0) is 91.2 Å². The van der Waals surface area contributed by atoms with Crippen molar-refractivity contribution in [3.05, 3.63) is 104 Å². The Labute approximate surface area is 256 Å². The molecular formula is C31H28BrClN2O5S. The van der Waals surface area contributed by atoms with Crippen LogP contribution in [0, 0.1) is 6.92 Å². The minimum absolute atomic E-state index is 0.205. The number of carbonyl (C=O) groups excluding carboxylic acids is 3. The molecule has 0 saturated carbocycles. The predicted molar refractivity (Wildman–Crippen MR) is 167 cm³/mol. The van der Waals surface area contributed by atoms with Crippen LogP contribution in [-0.4, -0.2) is 35.1 Å². The lowest BCUT2D eigenvalue weighted by atomic mass is 10.0. The van der Waals surface area contributed by atoms with Crippen LogP contribution in [0.15, 0.2) is 76.6 Å². The first-order valence-electron chi connectivity index (χ1n) is 12.8. The fourth-order valence-corrected chi connectivity index (χ4v) is 5.32. The van der Waals surface area contributed by atoms with Crippen LogP contribution >= 0.6 is 39.3 Å². The Morgan fingerprint density at radius 1 is 1.12 bits per heavy atom. The van der Waals surface area contributed by atoms with Crippen molar-refractivity contribution in [3.8, 4) is 11.5 Å². The van der Waals surface area contributed by atoms with Gasteiger partial charge in [-0.3, -0.25) is 19.3 Å². The highest BCUT2D eigenvalue weighted by molar-refractivity contribution is 9.10. The Hall–Kier alpha value is -3.53. The van der Waals surface area contributed by atoms with Gasteiger partial charge < -0.3 is 14.8 Å². The van der Waals surface area contributed by atoms with Gasteiger partial charge in [0.15, 0.2) is 11.5 Å². The molecule has 41 heavy (non-hydrogen) atoms. The van der Waals surface area contributed by atoms with Crippen LogP contribution in [0.25, 0.3) is 6.08 Å². The number of carbonyl (C=O) groups is 3. The number of ether oxygens (including phenoxy) is 2. The second kappa shape index (κ2) is 13.9. The van der Waals surface area contributed by atoms with Gasteiger partial charge in [-0.25, -0.2) is 0 Å². The number of thioether (sulfide) groups is 1. The third-order valence-corrected chi connectivity index (χ3v) is 7.89. The summed E-state index contributed by atoms with van der Waals surface area (Å²) in [7, 11) is 0. The highest BCUT2D eigenvalue weighted by Gasteiger charge is 2.36. The number of halogens is 2. The number of rotatable bonds is 11. The van der Waals surface area contributed by atoms with Gasteiger partial charge in [-0.2, -0.15) is 0 Å². The molecule has 0 atom stereocenters. The predicted octanol–water partition coefficient (Wildman–Crippen LogP) is 7.79. The molecule has 10 heteroatoms. The van der Waals surface area contributed by atoms with E-state index in [1.54, 1.807) is 36.4 Å². The lowest BCUT2D eigenvalue weighted by molar-refractivity contribution is -0.127. The minimum Gasteiger partial charge on any atom is -0.490 e. The molecule has 0 unspecified atom stereocenters. The Bertz CT molecular complexity index is 1520. The molecule has 1 saturated heterocycles. The van der Waals surface area contributed by atoms with E-state index in [0.29, 0.717) is 47.4 Å². The third kappa shape index (κ3) is 7.81. The normalized spacial score (nSPS) is 14.0. The fraction of sp³-hybridized carbons (Fsp3) is 0.194. The van der Waals surface area contributed by atoms with E-state index in [0.717, 1.165) is 37.8 Å². The van der Waals surface area contributed by atoms with Gasteiger partial charge in [0.25, 0.3) is 11.1 Å². The molecular weight excluding hydrogens is 628 g/mol. The van der Waals surface area contributed by atoms with E-state index in [1.807, 2.05) is 44.2 Å².